The second kappa shape index (κ2) is 8.46. The van der Waals surface area contributed by atoms with Crippen LogP contribution in [0.15, 0.2) is 22.8 Å². The highest BCUT2D eigenvalue weighted by atomic mass is 16.3. The number of hydrogen-bond acceptors (Lipinski definition) is 4. The molecule has 0 bridgehead atoms. The fraction of sp³-hybridized carbons (Fsp3) is 0.600. The average Bonchev–Trinajstić information content (AvgIpc) is 2.98. The Labute approximate surface area is 125 Å². The summed E-state index contributed by atoms with van der Waals surface area (Å²) in [4.78, 5) is 25.8. The number of amides is 2. The molecule has 1 rings (SSSR count). The van der Waals surface area contributed by atoms with Crippen molar-refractivity contribution in [2.24, 2.45) is 0 Å². The Morgan fingerprint density at radius 1 is 1.24 bits per heavy atom. The van der Waals surface area contributed by atoms with E-state index in [2.05, 4.69) is 10.6 Å². The molecule has 118 valence electrons. The van der Waals surface area contributed by atoms with Crippen LogP contribution in [0.25, 0.3) is 0 Å². The lowest BCUT2D eigenvalue weighted by Gasteiger charge is -2.25. The third kappa shape index (κ3) is 5.23. The molecule has 0 aliphatic heterocycles. The number of furan rings is 1. The van der Waals surface area contributed by atoms with Gasteiger partial charge in [0, 0.05) is 13.1 Å². The van der Waals surface area contributed by atoms with Crippen LogP contribution in [0, 0.1) is 0 Å². The van der Waals surface area contributed by atoms with Crippen LogP contribution in [-0.4, -0.2) is 41.9 Å². The van der Waals surface area contributed by atoms with Crippen LogP contribution >= 0.6 is 0 Å². The Kier molecular flexibility index (Phi) is 6.94. The number of likely N-dealkylation sites (N-methyl/N-ethyl adjacent to an activating group) is 1. The summed E-state index contributed by atoms with van der Waals surface area (Å²) in [6.45, 7) is 9.07. The van der Waals surface area contributed by atoms with Crippen LogP contribution in [0.3, 0.4) is 0 Å². The first-order chi connectivity index (χ1) is 9.99. The van der Waals surface area contributed by atoms with Crippen LogP contribution in [-0.2, 0) is 16.1 Å². The highest BCUT2D eigenvalue weighted by Gasteiger charge is 2.22. The van der Waals surface area contributed by atoms with Gasteiger partial charge in [0.25, 0.3) is 0 Å². The van der Waals surface area contributed by atoms with Crippen molar-refractivity contribution >= 4 is 11.8 Å². The predicted octanol–water partition coefficient (Wildman–Crippen LogP) is 1.13. The normalized spacial score (nSPS) is 13.5. The zero-order chi connectivity index (χ0) is 15.8. The molecule has 1 heterocycles. The van der Waals surface area contributed by atoms with E-state index in [-0.39, 0.29) is 11.8 Å². The Morgan fingerprint density at radius 2 is 1.90 bits per heavy atom. The molecule has 0 aliphatic rings. The van der Waals surface area contributed by atoms with Gasteiger partial charge in [-0.1, -0.05) is 0 Å². The quantitative estimate of drug-likeness (QED) is 0.754. The molecule has 21 heavy (non-hydrogen) atoms. The minimum Gasteiger partial charge on any atom is -0.467 e. The Balaban J connectivity index is 2.42. The van der Waals surface area contributed by atoms with Gasteiger partial charge in [0.05, 0.1) is 24.9 Å². The number of carbonyl (C=O) groups is 2. The molecule has 0 aromatic carbocycles. The molecule has 2 N–H and O–H groups in total. The third-order valence-corrected chi connectivity index (χ3v) is 3.36. The van der Waals surface area contributed by atoms with E-state index in [9.17, 15) is 9.59 Å². The van der Waals surface area contributed by atoms with Gasteiger partial charge < -0.3 is 14.6 Å². The van der Waals surface area contributed by atoms with Crippen molar-refractivity contribution in [1.82, 2.24) is 15.5 Å². The first-order valence-electron chi connectivity index (χ1n) is 7.34. The summed E-state index contributed by atoms with van der Waals surface area (Å²) in [7, 11) is 0. The van der Waals surface area contributed by atoms with Gasteiger partial charge in [0.2, 0.25) is 11.8 Å². The van der Waals surface area contributed by atoms with E-state index in [0.29, 0.717) is 25.4 Å². The summed E-state index contributed by atoms with van der Waals surface area (Å²) in [6, 6.07) is 2.72. The standard InChI is InChI=1S/C15H25N3O3/c1-5-18(6-2)15(20)12(4)17-11(3)14(19)16-10-13-8-7-9-21-13/h7-9,11-12,17H,5-6,10H2,1-4H3,(H,16,19). The summed E-state index contributed by atoms with van der Waals surface area (Å²) >= 11 is 0. The van der Waals surface area contributed by atoms with Crippen molar-refractivity contribution in [3.05, 3.63) is 24.2 Å². The molecule has 2 amide bonds. The van der Waals surface area contributed by atoms with Crippen molar-refractivity contribution < 1.29 is 14.0 Å². The van der Waals surface area contributed by atoms with Crippen LogP contribution in [0.2, 0.25) is 0 Å². The van der Waals surface area contributed by atoms with E-state index in [1.165, 1.54) is 0 Å². The highest BCUT2D eigenvalue weighted by Crippen LogP contribution is 2.00. The van der Waals surface area contributed by atoms with Crippen LogP contribution in [0.4, 0.5) is 0 Å². The molecule has 0 saturated heterocycles. The second-order valence-electron chi connectivity index (χ2n) is 4.92. The third-order valence-electron chi connectivity index (χ3n) is 3.36. The summed E-state index contributed by atoms with van der Waals surface area (Å²) < 4.78 is 5.15. The van der Waals surface area contributed by atoms with Crippen LogP contribution < -0.4 is 10.6 Å². The van der Waals surface area contributed by atoms with E-state index in [1.807, 2.05) is 13.8 Å². The molecule has 0 aliphatic carbocycles. The van der Waals surface area contributed by atoms with Gasteiger partial charge in [-0.15, -0.1) is 0 Å². The number of hydrogen-bond donors (Lipinski definition) is 2. The van der Waals surface area contributed by atoms with Crippen LogP contribution in [0.1, 0.15) is 33.5 Å². The second-order valence-corrected chi connectivity index (χ2v) is 4.92. The molecule has 1 aromatic heterocycles. The number of rotatable bonds is 8. The van der Waals surface area contributed by atoms with Gasteiger partial charge in [0.1, 0.15) is 5.76 Å². The maximum Gasteiger partial charge on any atom is 0.239 e. The Hall–Kier alpha value is -1.82. The Bertz CT molecular complexity index is 441. The van der Waals surface area contributed by atoms with Crippen molar-refractivity contribution in [2.45, 2.75) is 46.3 Å². The van der Waals surface area contributed by atoms with Gasteiger partial charge in [-0.2, -0.15) is 0 Å². The van der Waals surface area contributed by atoms with E-state index < -0.39 is 12.1 Å². The maximum absolute atomic E-state index is 12.1. The Morgan fingerprint density at radius 3 is 2.43 bits per heavy atom. The number of carbonyl (C=O) groups excluding carboxylic acids is 2. The SMILES string of the molecule is CCN(CC)C(=O)C(C)NC(C)C(=O)NCc1ccco1. The number of nitrogens with one attached hydrogen (secondary N) is 2. The highest BCUT2D eigenvalue weighted by molar-refractivity contribution is 5.84. The predicted molar refractivity (Wildman–Crippen MR) is 80.5 cm³/mol. The molecule has 0 saturated carbocycles. The largest absolute Gasteiger partial charge is 0.467 e. The summed E-state index contributed by atoms with van der Waals surface area (Å²) in [5.41, 5.74) is 0. The van der Waals surface area contributed by atoms with Gasteiger partial charge in [-0.3, -0.25) is 14.9 Å². The van der Waals surface area contributed by atoms with Gasteiger partial charge in [0.15, 0.2) is 0 Å². The lowest BCUT2D eigenvalue weighted by molar-refractivity contribution is -0.133. The molecule has 6 nitrogen and oxygen atoms in total. The van der Waals surface area contributed by atoms with Crippen molar-refractivity contribution in [1.29, 1.82) is 0 Å². The van der Waals surface area contributed by atoms with Crippen molar-refractivity contribution in [2.75, 3.05) is 13.1 Å². The van der Waals surface area contributed by atoms with Gasteiger partial charge >= 0.3 is 0 Å². The zero-order valence-electron chi connectivity index (χ0n) is 13.2. The first kappa shape index (κ1) is 17.2. The molecule has 0 spiro atoms. The molecule has 0 radical (unpaired) electrons. The summed E-state index contributed by atoms with van der Waals surface area (Å²) in [5.74, 6) is 0.541. The van der Waals surface area contributed by atoms with Crippen molar-refractivity contribution in [3.8, 4) is 0 Å². The lowest BCUT2D eigenvalue weighted by atomic mass is 10.2. The molecule has 2 unspecified atom stereocenters. The maximum atomic E-state index is 12.1. The fourth-order valence-corrected chi connectivity index (χ4v) is 2.07. The monoisotopic (exact) mass is 295 g/mol. The molecular formula is C15H25N3O3. The number of nitrogens with zero attached hydrogens (tertiary/aromatic N) is 1. The van der Waals surface area contributed by atoms with Crippen molar-refractivity contribution in [3.63, 3.8) is 0 Å². The molecular weight excluding hydrogens is 270 g/mol. The minimum absolute atomic E-state index is 0.00526. The average molecular weight is 295 g/mol. The van der Waals surface area contributed by atoms with E-state index >= 15 is 0 Å². The fourth-order valence-electron chi connectivity index (χ4n) is 2.07. The van der Waals surface area contributed by atoms with Gasteiger partial charge in [-0.05, 0) is 39.8 Å². The van der Waals surface area contributed by atoms with Gasteiger partial charge in [-0.25, -0.2) is 0 Å². The molecule has 2 atom stereocenters. The van der Waals surface area contributed by atoms with Crippen LogP contribution in [0.5, 0.6) is 0 Å². The van der Waals surface area contributed by atoms with E-state index in [4.69, 9.17) is 4.42 Å². The molecule has 6 heteroatoms. The van der Waals surface area contributed by atoms with E-state index in [1.54, 1.807) is 37.1 Å². The van der Waals surface area contributed by atoms with E-state index in [0.717, 1.165) is 0 Å². The zero-order valence-corrected chi connectivity index (χ0v) is 13.2. The topological polar surface area (TPSA) is 74.6 Å². The minimum atomic E-state index is -0.450. The molecule has 0 fully saturated rings. The summed E-state index contributed by atoms with van der Waals surface area (Å²) in [5, 5.41) is 5.79. The smallest absolute Gasteiger partial charge is 0.239 e. The summed E-state index contributed by atoms with van der Waals surface area (Å²) in [6.07, 6.45) is 1.56. The first-order valence-corrected chi connectivity index (χ1v) is 7.34. The molecule has 1 aromatic rings. The lowest BCUT2D eigenvalue weighted by Crippen LogP contribution is -2.51.